The summed E-state index contributed by atoms with van der Waals surface area (Å²) in [5.74, 6) is 0.897. The van der Waals surface area contributed by atoms with Gasteiger partial charge in [0.1, 0.15) is 5.82 Å². The molecule has 160 valence electrons. The molecule has 4 aromatic rings. The van der Waals surface area contributed by atoms with Gasteiger partial charge in [-0.2, -0.15) is 0 Å². The van der Waals surface area contributed by atoms with E-state index in [1.165, 1.54) is 0 Å². The lowest BCUT2D eigenvalue weighted by Gasteiger charge is -2.18. The molecule has 7 heteroatoms. The van der Waals surface area contributed by atoms with Crippen LogP contribution in [0.2, 0.25) is 0 Å². The summed E-state index contributed by atoms with van der Waals surface area (Å²) in [5.41, 5.74) is 2.82. The van der Waals surface area contributed by atoms with Crippen LogP contribution in [-0.4, -0.2) is 34.2 Å². The van der Waals surface area contributed by atoms with Gasteiger partial charge in [0.05, 0.1) is 5.92 Å². The Kier molecular flexibility index (Phi) is 7.00. The number of carbonyl (C=O) groups is 1. The number of pyridine rings is 1. The number of nitrogens with zero attached hydrogens (tertiary/aromatic N) is 3. The van der Waals surface area contributed by atoms with Crippen LogP contribution in [0.25, 0.3) is 0 Å². The second kappa shape index (κ2) is 10.7. The van der Waals surface area contributed by atoms with Crippen LogP contribution in [0.15, 0.2) is 97.3 Å². The Morgan fingerprint density at radius 3 is 1.91 bits per heavy atom. The van der Waals surface area contributed by atoms with Gasteiger partial charge in [0, 0.05) is 31.2 Å². The summed E-state index contributed by atoms with van der Waals surface area (Å²) in [7, 11) is 0. The molecule has 7 nitrogen and oxygen atoms in total. The van der Waals surface area contributed by atoms with Crippen molar-refractivity contribution < 1.29 is 4.79 Å². The number of rotatable bonds is 9. The average molecular weight is 425 g/mol. The van der Waals surface area contributed by atoms with Crippen LogP contribution in [0.1, 0.15) is 17.0 Å². The highest BCUT2D eigenvalue weighted by Gasteiger charge is 2.21. The van der Waals surface area contributed by atoms with Crippen molar-refractivity contribution in [1.29, 1.82) is 0 Å². The minimum atomic E-state index is -0.351. The van der Waals surface area contributed by atoms with E-state index in [2.05, 4.69) is 31.1 Å². The molecule has 4 rings (SSSR count). The van der Waals surface area contributed by atoms with Gasteiger partial charge in [0.15, 0.2) is 5.82 Å². The van der Waals surface area contributed by atoms with Gasteiger partial charge in [-0.25, -0.2) is 0 Å². The Morgan fingerprint density at radius 1 is 0.719 bits per heavy atom. The van der Waals surface area contributed by atoms with Gasteiger partial charge >= 0.3 is 0 Å². The zero-order valence-electron chi connectivity index (χ0n) is 17.5. The Morgan fingerprint density at radius 2 is 1.31 bits per heavy atom. The van der Waals surface area contributed by atoms with Crippen LogP contribution in [0.5, 0.6) is 0 Å². The lowest BCUT2D eigenvalue weighted by atomic mass is 9.90. The summed E-state index contributed by atoms with van der Waals surface area (Å²) in [5, 5.41) is 17.7. The first-order chi connectivity index (χ1) is 15.8. The number of carbonyl (C=O) groups excluding carboxylic acids is 1. The van der Waals surface area contributed by atoms with Crippen molar-refractivity contribution in [3.05, 3.63) is 108 Å². The smallest absolute Gasteiger partial charge is 0.232 e. The molecule has 0 atom stereocenters. The van der Waals surface area contributed by atoms with Crippen LogP contribution in [0, 0.1) is 0 Å². The molecule has 2 aromatic carbocycles. The molecule has 3 N–H and O–H groups in total. The number of hydrogen-bond donors (Lipinski definition) is 3. The lowest BCUT2D eigenvalue weighted by Crippen LogP contribution is -2.33. The highest BCUT2D eigenvalue weighted by Crippen LogP contribution is 2.24. The van der Waals surface area contributed by atoms with Crippen LogP contribution in [0.4, 0.5) is 17.3 Å². The molecule has 0 radical (unpaired) electrons. The van der Waals surface area contributed by atoms with Gasteiger partial charge in [0.2, 0.25) is 5.91 Å². The number of aromatic nitrogens is 3. The van der Waals surface area contributed by atoms with Crippen molar-refractivity contribution in [3.63, 3.8) is 0 Å². The first-order valence-corrected chi connectivity index (χ1v) is 10.4. The van der Waals surface area contributed by atoms with E-state index in [0.29, 0.717) is 24.7 Å². The van der Waals surface area contributed by atoms with Crippen molar-refractivity contribution in [2.24, 2.45) is 0 Å². The highest BCUT2D eigenvalue weighted by atomic mass is 16.1. The maximum absolute atomic E-state index is 13.0. The summed E-state index contributed by atoms with van der Waals surface area (Å²) >= 11 is 0. The van der Waals surface area contributed by atoms with Gasteiger partial charge in [-0.15, -0.1) is 10.2 Å². The fraction of sp³-hybridized carbons (Fsp3) is 0.120. The highest BCUT2D eigenvalue weighted by molar-refractivity contribution is 5.87. The van der Waals surface area contributed by atoms with Crippen molar-refractivity contribution >= 4 is 23.2 Å². The number of benzene rings is 2. The molecule has 0 bridgehead atoms. The minimum Gasteiger partial charge on any atom is -0.367 e. The van der Waals surface area contributed by atoms with Crippen molar-refractivity contribution in [2.75, 3.05) is 23.7 Å². The third-order valence-corrected chi connectivity index (χ3v) is 4.88. The van der Waals surface area contributed by atoms with E-state index in [-0.39, 0.29) is 11.8 Å². The summed E-state index contributed by atoms with van der Waals surface area (Å²) in [6, 6.07) is 27.0. The van der Waals surface area contributed by atoms with Gasteiger partial charge in [0.25, 0.3) is 0 Å². The predicted molar refractivity (Wildman–Crippen MR) is 126 cm³/mol. The quantitative estimate of drug-likeness (QED) is 0.352. The predicted octanol–water partition coefficient (Wildman–Crippen LogP) is 3.98. The molecule has 0 saturated heterocycles. The molecule has 0 aliphatic rings. The maximum atomic E-state index is 13.0. The SMILES string of the molecule is O=C(NCCNc1ccc(Nc2ccncc2)nn1)C(c1ccccc1)c1ccccc1. The van der Waals surface area contributed by atoms with E-state index >= 15 is 0 Å². The third-order valence-electron chi connectivity index (χ3n) is 4.88. The molecule has 0 saturated carbocycles. The second-order valence-corrected chi connectivity index (χ2v) is 7.14. The summed E-state index contributed by atoms with van der Waals surface area (Å²) in [6.07, 6.45) is 3.42. The van der Waals surface area contributed by atoms with Crippen molar-refractivity contribution in [2.45, 2.75) is 5.92 Å². The summed E-state index contributed by atoms with van der Waals surface area (Å²) in [4.78, 5) is 17.0. The van der Waals surface area contributed by atoms with E-state index in [9.17, 15) is 4.79 Å². The molecule has 2 aromatic heterocycles. The molecule has 2 heterocycles. The van der Waals surface area contributed by atoms with Crippen molar-refractivity contribution in [1.82, 2.24) is 20.5 Å². The zero-order chi connectivity index (χ0) is 22.0. The molecular weight excluding hydrogens is 400 g/mol. The topological polar surface area (TPSA) is 91.8 Å². The monoisotopic (exact) mass is 424 g/mol. The molecule has 0 aliphatic carbocycles. The number of hydrogen-bond acceptors (Lipinski definition) is 6. The lowest BCUT2D eigenvalue weighted by molar-refractivity contribution is -0.121. The Balaban J connectivity index is 1.30. The van der Waals surface area contributed by atoms with E-state index in [1.54, 1.807) is 12.4 Å². The molecular formula is C25H24N6O. The molecule has 0 aliphatic heterocycles. The number of amides is 1. The van der Waals surface area contributed by atoms with E-state index in [1.807, 2.05) is 84.9 Å². The van der Waals surface area contributed by atoms with Gasteiger partial charge < -0.3 is 16.0 Å². The van der Waals surface area contributed by atoms with E-state index < -0.39 is 0 Å². The van der Waals surface area contributed by atoms with Crippen LogP contribution in [-0.2, 0) is 4.79 Å². The maximum Gasteiger partial charge on any atom is 0.232 e. The Labute approximate surface area is 187 Å². The van der Waals surface area contributed by atoms with Crippen LogP contribution >= 0.6 is 0 Å². The molecule has 32 heavy (non-hydrogen) atoms. The first kappa shape index (κ1) is 21.0. The number of anilines is 3. The second-order valence-electron chi connectivity index (χ2n) is 7.14. The third kappa shape index (κ3) is 5.66. The van der Waals surface area contributed by atoms with E-state index in [0.717, 1.165) is 16.8 Å². The zero-order valence-corrected chi connectivity index (χ0v) is 17.5. The molecule has 1 amide bonds. The standard InChI is InChI=1S/C25H24N6O/c32-25(24(19-7-3-1-4-8-19)20-9-5-2-6-10-20)28-18-17-27-22-11-12-23(31-30-22)29-21-13-15-26-16-14-21/h1-16,24H,17-18H2,(H,27,30)(H,28,32)(H,26,29,31). The summed E-state index contributed by atoms with van der Waals surface area (Å²) < 4.78 is 0. The first-order valence-electron chi connectivity index (χ1n) is 10.4. The number of nitrogens with one attached hydrogen (secondary N) is 3. The minimum absolute atomic E-state index is 0.0350. The molecule has 0 unspecified atom stereocenters. The normalized spacial score (nSPS) is 10.5. The van der Waals surface area contributed by atoms with Gasteiger partial charge in [-0.3, -0.25) is 9.78 Å². The molecule has 0 fully saturated rings. The van der Waals surface area contributed by atoms with E-state index in [4.69, 9.17) is 0 Å². The fourth-order valence-electron chi connectivity index (χ4n) is 3.34. The average Bonchev–Trinajstić information content (AvgIpc) is 2.85. The molecule has 0 spiro atoms. The largest absolute Gasteiger partial charge is 0.367 e. The summed E-state index contributed by atoms with van der Waals surface area (Å²) in [6.45, 7) is 1.00. The van der Waals surface area contributed by atoms with Gasteiger partial charge in [-0.05, 0) is 35.4 Å². The Bertz CT molecular complexity index is 1070. The van der Waals surface area contributed by atoms with Crippen LogP contribution in [0.3, 0.4) is 0 Å². The fourth-order valence-corrected chi connectivity index (χ4v) is 3.34. The van der Waals surface area contributed by atoms with Crippen molar-refractivity contribution in [3.8, 4) is 0 Å². The van der Waals surface area contributed by atoms with Crippen LogP contribution < -0.4 is 16.0 Å². The Hall–Kier alpha value is -4.26. The van der Waals surface area contributed by atoms with Gasteiger partial charge in [-0.1, -0.05) is 60.7 Å².